The van der Waals surface area contributed by atoms with Crippen LogP contribution in [-0.2, 0) is 9.47 Å². The summed E-state index contributed by atoms with van der Waals surface area (Å²) in [5, 5.41) is 19.8. The van der Waals surface area contributed by atoms with Gasteiger partial charge in [0.15, 0.2) is 5.41 Å². The fourth-order valence-corrected chi connectivity index (χ4v) is 4.00. The molecule has 1 aromatic rings. The Morgan fingerprint density at radius 2 is 1.80 bits per heavy atom. The molecule has 0 spiro atoms. The minimum absolute atomic E-state index is 0.0663. The number of fused-ring (bicyclic) bond motifs is 1. The van der Waals surface area contributed by atoms with Gasteiger partial charge in [-0.3, -0.25) is 0 Å². The summed E-state index contributed by atoms with van der Waals surface area (Å²) < 4.78 is 16.5. The standard InChI is InChI=1S/C18H20N4O3/c1-4-9-25-13-7-5-12(6-8-13)14-16(10-19)15(21)22-18(23-2,24-3)17(14,16)11-20/h5-8,14H,4,9H2,1-3H3,(H2,21,22). The molecule has 0 bridgehead atoms. The maximum Gasteiger partial charge on any atom is 0.292 e. The lowest BCUT2D eigenvalue weighted by Gasteiger charge is -2.29. The highest BCUT2D eigenvalue weighted by molar-refractivity contribution is 6.00. The summed E-state index contributed by atoms with van der Waals surface area (Å²) in [5.74, 6) is -1.28. The van der Waals surface area contributed by atoms with Crippen molar-refractivity contribution in [3.63, 3.8) is 0 Å². The van der Waals surface area contributed by atoms with E-state index in [0.29, 0.717) is 6.61 Å². The van der Waals surface area contributed by atoms with Crippen molar-refractivity contribution in [2.75, 3.05) is 20.8 Å². The number of hydrogen-bond donors (Lipinski definition) is 1. The van der Waals surface area contributed by atoms with Gasteiger partial charge in [0, 0.05) is 20.1 Å². The Balaban J connectivity index is 2.05. The lowest BCUT2D eigenvalue weighted by molar-refractivity contribution is -0.230. The van der Waals surface area contributed by atoms with Crippen molar-refractivity contribution < 1.29 is 14.2 Å². The molecular weight excluding hydrogens is 320 g/mol. The quantitative estimate of drug-likeness (QED) is 0.791. The van der Waals surface area contributed by atoms with E-state index >= 15 is 0 Å². The van der Waals surface area contributed by atoms with Gasteiger partial charge in [-0.1, -0.05) is 19.1 Å². The average Bonchev–Trinajstić information content (AvgIpc) is 3.23. The monoisotopic (exact) mass is 340 g/mol. The number of rotatable bonds is 6. The first-order valence-corrected chi connectivity index (χ1v) is 8.05. The van der Waals surface area contributed by atoms with Gasteiger partial charge in [0.05, 0.1) is 18.7 Å². The van der Waals surface area contributed by atoms with Crippen LogP contribution in [0, 0.1) is 33.5 Å². The van der Waals surface area contributed by atoms with Crippen LogP contribution in [-0.4, -0.2) is 32.6 Å². The molecule has 1 saturated carbocycles. The molecule has 1 aromatic carbocycles. The normalized spacial score (nSPS) is 31.4. The molecule has 7 nitrogen and oxygen atoms in total. The van der Waals surface area contributed by atoms with E-state index in [2.05, 4.69) is 17.1 Å². The molecule has 3 unspecified atom stereocenters. The second kappa shape index (κ2) is 5.73. The van der Waals surface area contributed by atoms with Crippen molar-refractivity contribution in [3.05, 3.63) is 29.8 Å². The SMILES string of the molecule is CCCOc1ccc(C2C3(C#N)C(N)=NC(OC)(OC)C23C#N)cc1. The molecule has 3 rings (SSSR count). The van der Waals surface area contributed by atoms with Gasteiger partial charge in [-0.05, 0) is 24.1 Å². The largest absolute Gasteiger partial charge is 0.494 e. The molecule has 130 valence electrons. The van der Waals surface area contributed by atoms with Crippen LogP contribution in [0.5, 0.6) is 5.75 Å². The van der Waals surface area contributed by atoms with Crippen molar-refractivity contribution in [3.8, 4) is 17.9 Å². The molecule has 2 aliphatic rings. The lowest BCUT2D eigenvalue weighted by atomic mass is 9.93. The summed E-state index contributed by atoms with van der Waals surface area (Å²) in [6.07, 6.45) is 0.913. The first-order chi connectivity index (χ1) is 12.0. The second-order valence-electron chi connectivity index (χ2n) is 6.18. The zero-order valence-electron chi connectivity index (χ0n) is 14.4. The summed E-state index contributed by atoms with van der Waals surface area (Å²) in [5.41, 5.74) is 4.27. The Kier molecular flexibility index (Phi) is 3.95. The predicted octanol–water partition coefficient (Wildman–Crippen LogP) is 1.91. The maximum atomic E-state index is 9.97. The van der Waals surface area contributed by atoms with Gasteiger partial charge in [0.2, 0.25) is 0 Å². The summed E-state index contributed by atoms with van der Waals surface area (Å²) in [6, 6.07) is 11.8. The minimum Gasteiger partial charge on any atom is -0.494 e. The van der Waals surface area contributed by atoms with Crippen molar-refractivity contribution in [1.82, 2.24) is 0 Å². The van der Waals surface area contributed by atoms with E-state index in [1.807, 2.05) is 31.2 Å². The van der Waals surface area contributed by atoms with E-state index in [9.17, 15) is 10.5 Å². The average molecular weight is 340 g/mol. The molecular formula is C18H20N4O3. The summed E-state index contributed by atoms with van der Waals surface area (Å²) in [7, 11) is 2.79. The van der Waals surface area contributed by atoms with Crippen molar-refractivity contribution in [2.45, 2.75) is 25.2 Å². The third-order valence-electron chi connectivity index (χ3n) is 5.17. The maximum absolute atomic E-state index is 9.97. The number of aliphatic imine (C=N–C) groups is 1. The van der Waals surface area contributed by atoms with Crippen LogP contribution >= 0.6 is 0 Å². The zero-order chi connectivity index (χ0) is 18.3. The van der Waals surface area contributed by atoms with Crippen molar-refractivity contribution in [1.29, 1.82) is 10.5 Å². The van der Waals surface area contributed by atoms with Crippen LogP contribution in [0.15, 0.2) is 29.3 Å². The van der Waals surface area contributed by atoms with Gasteiger partial charge in [0.1, 0.15) is 17.0 Å². The molecule has 0 aromatic heterocycles. The summed E-state index contributed by atoms with van der Waals surface area (Å²) in [4.78, 5) is 4.19. The highest BCUT2D eigenvalue weighted by Gasteiger charge is 2.93. The van der Waals surface area contributed by atoms with E-state index in [1.165, 1.54) is 14.2 Å². The molecule has 1 aliphatic heterocycles. The van der Waals surface area contributed by atoms with E-state index in [-0.39, 0.29) is 5.84 Å². The highest BCUT2D eigenvalue weighted by Crippen LogP contribution is 2.81. The number of nitrogens with two attached hydrogens (primary N) is 1. The van der Waals surface area contributed by atoms with E-state index < -0.39 is 22.7 Å². The Hall–Kier alpha value is -2.61. The first-order valence-electron chi connectivity index (χ1n) is 8.05. The number of nitrogens with zero attached hydrogens (tertiary/aromatic N) is 3. The van der Waals surface area contributed by atoms with E-state index in [4.69, 9.17) is 19.9 Å². The van der Waals surface area contributed by atoms with E-state index in [0.717, 1.165) is 17.7 Å². The molecule has 3 atom stereocenters. The number of methoxy groups -OCH3 is 2. The molecule has 7 heteroatoms. The van der Waals surface area contributed by atoms with Crippen LogP contribution in [0.25, 0.3) is 0 Å². The van der Waals surface area contributed by atoms with Gasteiger partial charge in [-0.2, -0.15) is 10.5 Å². The van der Waals surface area contributed by atoms with Crippen molar-refractivity contribution >= 4 is 5.84 Å². The Bertz CT molecular complexity index is 788. The van der Waals surface area contributed by atoms with Crippen LogP contribution in [0.4, 0.5) is 0 Å². The third kappa shape index (κ3) is 1.82. The fraction of sp³-hybridized carbons (Fsp3) is 0.500. The first kappa shape index (κ1) is 17.2. The van der Waals surface area contributed by atoms with Gasteiger partial charge >= 0.3 is 0 Å². The van der Waals surface area contributed by atoms with Crippen LogP contribution in [0.3, 0.4) is 0 Å². The Morgan fingerprint density at radius 1 is 1.16 bits per heavy atom. The predicted molar refractivity (Wildman–Crippen MR) is 89.4 cm³/mol. The Morgan fingerprint density at radius 3 is 2.28 bits per heavy atom. The molecule has 1 fully saturated rings. The second-order valence-corrected chi connectivity index (χ2v) is 6.18. The number of ether oxygens (including phenoxy) is 3. The number of amidine groups is 1. The van der Waals surface area contributed by atoms with E-state index in [1.54, 1.807) is 0 Å². The molecule has 1 aliphatic carbocycles. The van der Waals surface area contributed by atoms with Crippen LogP contribution in [0.1, 0.15) is 24.8 Å². The fourth-order valence-electron chi connectivity index (χ4n) is 4.00. The van der Waals surface area contributed by atoms with Crippen molar-refractivity contribution in [2.24, 2.45) is 21.6 Å². The zero-order valence-corrected chi connectivity index (χ0v) is 14.4. The molecule has 0 saturated heterocycles. The van der Waals surface area contributed by atoms with Gasteiger partial charge in [0.25, 0.3) is 5.91 Å². The molecule has 25 heavy (non-hydrogen) atoms. The lowest BCUT2D eigenvalue weighted by Crippen LogP contribution is -2.41. The van der Waals surface area contributed by atoms with Gasteiger partial charge < -0.3 is 19.9 Å². The molecule has 1 heterocycles. The number of benzene rings is 1. The third-order valence-corrected chi connectivity index (χ3v) is 5.17. The van der Waals surface area contributed by atoms with Gasteiger partial charge in [-0.15, -0.1) is 0 Å². The summed E-state index contributed by atoms with van der Waals surface area (Å²) >= 11 is 0. The summed E-state index contributed by atoms with van der Waals surface area (Å²) in [6.45, 7) is 2.66. The molecule has 0 radical (unpaired) electrons. The van der Waals surface area contributed by atoms with Gasteiger partial charge in [-0.25, -0.2) is 4.99 Å². The van der Waals surface area contributed by atoms with Crippen LogP contribution in [0.2, 0.25) is 0 Å². The van der Waals surface area contributed by atoms with Crippen LogP contribution < -0.4 is 10.5 Å². The topological polar surface area (TPSA) is 114 Å². The smallest absolute Gasteiger partial charge is 0.292 e. The number of nitriles is 2. The minimum atomic E-state index is -1.59. The molecule has 2 N–H and O–H groups in total. The Labute approximate surface area is 146 Å². The molecule has 0 amide bonds. The number of hydrogen-bond acceptors (Lipinski definition) is 7. The highest BCUT2D eigenvalue weighted by atomic mass is 16.7.